The molecule has 8 heteroatoms. The number of ether oxygens (including phenoxy) is 1. The molecule has 1 aliphatic rings. The molecule has 152 valence electrons. The highest BCUT2D eigenvalue weighted by Crippen LogP contribution is 2.20. The van der Waals surface area contributed by atoms with E-state index in [4.69, 9.17) is 4.74 Å². The second-order valence-electron chi connectivity index (χ2n) is 6.94. The summed E-state index contributed by atoms with van der Waals surface area (Å²) in [7, 11) is 3.53. The van der Waals surface area contributed by atoms with Crippen LogP contribution < -0.4 is 15.0 Å². The molecule has 0 atom stereocenters. The van der Waals surface area contributed by atoms with E-state index in [-0.39, 0.29) is 0 Å². The number of anilines is 1. The van der Waals surface area contributed by atoms with E-state index in [0.29, 0.717) is 0 Å². The first-order valence-corrected chi connectivity index (χ1v) is 9.92. The summed E-state index contributed by atoms with van der Waals surface area (Å²) in [5, 5.41) is 12.0. The molecule has 0 amide bonds. The van der Waals surface area contributed by atoms with Gasteiger partial charge < -0.3 is 19.9 Å². The smallest absolute Gasteiger partial charge is 0.193 e. The van der Waals surface area contributed by atoms with Crippen molar-refractivity contribution in [2.45, 2.75) is 6.42 Å². The SMILES string of the molecule is CN=C(NCCc1nnc2ccccn12)N1CCN(c2ccc(OC)cc2)CC1. The molecule has 0 saturated carbocycles. The highest BCUT2D eigenvalue weighted by atomic mass is 16.5. The Bertz CT molecular complexity index is 959. The van der Waals surface area contributed by atoms with Crippen LogP contribution in [0, 0.1) is 0 Å². The summed E-state index contributed by atoms with van der Waals surface area (Å²) in [4.78, 5) is 9.17. The van der Waals surface area contributed by atoms with Crippen molar-refractivity contribution in [1.29, 1.82) is 0 Å². The van der Waals surface area contributed by atoms with Gasteiger partial charge in [0.25, 0.3) is 0 Å². The fourth-order valence-electron chi connectivity index (χ4n) is 3.65. The summed E-state index contributed by atoms with van der Waals surface area (Å²) < 4.78 is 7.27. The van der Waals surface area contributed by atoms with Crippen molar-refractivity contribution in [3.63, 3.8) is 0 Å². The number of nitrogens with zero attached hydrogens (tertiary/aromatic N) is 6. The Kier molecular flexibility index (Phi) is 5.79. The maximum Gasteiger partial charge on any atom is 0.193 e. The zero-order valence-corrected chi connectivity index (χ0v) is 17.0. The van der Waals surface area contributed by atoms with Crippen LogP contribution in [0.25, 0.3) is 5.65 Å². The van der Waals surface area contributed by atoms with Crippen molar-refractivity contribution in [3.8, 4) is 5.75 Å². The molecule has 29 heavy (non-hydrogen) atoms. The quantitative estimate of drug-likeness (QED) is 0.525. The summed E-state index contributed by atoms with van der Waals surface area (Å²) in [6.45, 7) is 4.55. The summed E-state index contributed by atoms with van der Waals surface area (Å²) in [5.41, 5.74) is 2.11. The number of pyridine rings is 1. The molecule has 3 aromatic rings. The van der Waals surface area contributed by atoms with Crippen LogP contribution in [-0.4, -0.2) is 72.3 Å². The van der Waals surface area contributed by atoms with Gasteiger partial charge in [-0.3, -0.25) is 9.39 Å². The second-order valence-corrected chi connectivity index (χ2v) is 6.94. The molecule has 1 N–H and O–H groups in total. The molecule has 1 aromatic carbocycles. The molecule has 0 aliphatic carbocycles. The number of piperazine rings is 1. The van der Waals surface area contributed by atoms with E-state index in [1.165, 1.54) is 5.69 Å². The molecule has 3 heterocycles. The van der Waals surface area contributed by atoms with Gasteiger partial charge in [-0.05, 0) is 36.4 Å². The van der Waals surface area contributed by atoms with E-state index >= 15 is 0 Å². The van der Waals surface area contributed by atoms with Crippen molar-refractivity contribution < 1.29 is 4.74 Å². The molecule has 2 aromatic heterocycles. The van der Waals surface area contributed by atoms with Crippen LogP contribution in [0.3, 0.4) is 0 Å². The first-order valence-electron chi connectivity index (χ1n) is 9.92. The maximum atomic E-state index is 5.25. The first-order chi connectivity index (χ1) is 14.3. The molecule has 0 radical (unpaired) electrons. The van der Waals surface area contributed by atoms with Gasteiger partial charge in [0, 0.05) is 58.1 Å². The van der Waals surface area contributed by atoms with Gasteiger partial charge >= 0.3 is 0 Å². The van der Waals surface area contributed by atoms with Crippen molar-refractivity contribution in [2.24, 2.45) is 4.99 Å². The van der Waals surface area contributed by atoms with E-state index in [2.05, 4.69) is 42.4 Å². The largest absolute Gasteiger partial charge is 0.497 e. The minimum Gasteiger partial charge on any atom is -0.497 e. The number of fused-ring (bicyclic) bond motifs is 1. The third-order valence-corrected chi connectivity index (χ3v) is 5.24. The monoisotopic (exact) mass is 393 g/mol. The Morgan fingerprint density at radius 3 is 2.59 bits per heavy atom. The van der Waals surface area contributed by atoms with Crippen LogP contribution >= 0.6 is 0 Å². The van der Waals surface area contributed by atoms with Crippen molar-refractivity contribution in [3.05, 3.63) is 54.5 Å². The maximum absolute atomic E-state index is 5.25. The van der Waals surface area contributed by atoms with Gasteiger partial charge in [0.05, 0.1) is 7.11 Å². The lowest BCUT2D eigenvalue weighted by molar-refractivity contribution is 0.372. The molecule has 1 fully saturated rings. The van der Waals surface area contributed by atoms with Crippen LogP contribution in [0.1, 0.15) is 5.82 Å². The fourth-order valence-corrected chi connectivity index (χ4v) is 3.65. The molecule has 4 rings (SSSR count). The van der Waals surface area contributed by atoms with Crippen LogP contribution in [-0.2, 0) is 6.42 Å². The van der Waals surface area contributed by atoms with Crippen LogP contribution in [0.5, 0.6) is 5.75 Å². The zero-order valence-electron chi connectivity index (χ0n) is 17.0. The summed E-state index contributed by atoms with van der Waals surface area (Å²) in [6.07, 6.45) is 2.79. The molecule has 0 spiro atoms. The van der Waals surface area contributed by atoms with E-state index in [1.807, 2.05) is 48.0 Å². The summed E-state index contributed by atoms with van der Waals surface area (Å²) >= 11 is 0. The summed E-state index contributed by atoms with van der Waals surface area (Å²) in [6, 6.07) is 14.2. The van der Waals surface area contributed by atoms with Gasteiger partial charge in [-0.15, -0.1) is 10.2 Å². The summed E-state index contributed by atoms with van der Waals surface area (Å²) in [5.74, 6) is 2.78. The molecule has 0 bridgehead atoms. The average molecular weight is 393 g/mol. The van der Waals surface area contributed by atoms with E-state index < -0.39 is 0 Å². The van der Waals surface area contributed by atoms with E-state index in [0.717, 1.165) is 62.3 Å². The van der Waals surface area contributed by atoms with Crippen LogP contribution in [0.4, 0.5) is 5.69 Å². The van der Waals surface area contributed by atoms with Gasteiger partial charge in [-0.25, -0.2) is 0 Å². The molecule has 1 aliphatic heterocycles. The van der Waals surface area contributed by atoms with Crippen LogP contribution in [0.2, 0.25) is 0 Å². The lowest BCUT2D eigenvalue weighted by Gasteiger charge is -2.37. The third-order valence-electron chi connectivity index (χ3n) is 5.24. The van der Waals surface area contributed by atoms with Crippen LogP contribution in [0.15, 0.2) is 53.7 Å². The predicted molar refractivity (Wildman–Crippen MR) is 115 cm³/mol. The third kappa shape index (κ3) is 4.26. The molecule has 1 saturated heterocycles. The van der Waals surface area contributed by atoms with Gasteiger partial charge in [-0.2, -0.15) is 0 Å². The minimum atomic E-state index is 0.765. The molecular formula is C21H27N7O. The Morgan fingerprint density at radius 2 is 1.86 bits per heavy atom. The number of aromatic nitrogens is 3. The predicted octanol–water partition coefficient (Wildman–Crippen LogP) is 1.68. The number of guanidine groups is 1. The van der Waals surface area contributed by atoms with Gasteiger partial charge in [0.15, 0.2) is 11.6 Å². The number of hydrogen-bond donors (Lipinski definition) is 1. The Labute approximate surface area is 170 Å². The van der Waals surface area contributed by atoms with Gasteiger partial charge in [-0.1, -0.05) is 6.07 Å². The second kappa shape index (κ2) is 8.81. The molecular weight excluding hydrogens is 366 g/mol. The highest BCUT2D eigenvalue weighted by Gasteiger charge is 2.20. The Morgan fingerprint density at radius 1 is 1.07 bits per heavy atom. The standard InChI is InChI=1S/C21H27N7O/c1-22-21(23-11-10-20-25-24-19-5-3-4-12-28(19)20)27-15-13-26(14-16-27)17-6-8-18(29-2)9-7-17/h3-9,12H,10-11,13-16H2,1-2H3,(H,22,23). The number of benzene rings is 1. The first kappa shape index (κ1) is 19.0. The Balaban J connectivity index is 1.29. The molecule has 0 unspecified atom stereocenters. The number of aliphatic imine (C=N–C) groups is 1. The topological polar surface area (TPSA) is 70.3 Å². The normalized spacial score (nSPS) is 15.0. The average Bonchev–Trinajstić information content (AvgIpc) is 3.20. The fraction of sp³-hybridized carbons (Fsp3) is 0.381. The zero-order chi connectivity index (χ0) is 20.1. The van der Waals surface area contributed by atoms with Crippen molar-refractivity contribution in [1.82, 2.24) is 24.8 Å². The number of rotatable bonds is 5. The van der Waals surface area contributed by atoms with Gasteiger partial charge in [0.1, 0.15) is 11.6 Å². The van der Waals surface area contributed by atoms with Crippen molar-refractivity contribution in [2.75, 3.05) is 51.8 Å². The number of hydrogen-bond acceptors (Lipinski definition) is 5. The highest BCUT2D eigenvalue weighted by molar-refractivity contribution is 5.80. The number of methoxy groups -OCH3 is 1. The van der Waals surface area contributed by atoms with Crippen molar-refractivity contribution >= 4 is 17.3 Å². The minimum absolute atomic E-state index is 0.765. The van der Waals surface area contributed by atoms with Gasteiger partial charge in [0.2, 0.25) is 0 Å². The lowest BCUT2D eigenvalue weighted by atomic mass is 10.2. The lowest BCUT2D eigenvalue weighted by Crippen LogP contribution is -2.52. The van der Waals surface area contributed by atoms with E-state index in [1.54, 1.807) is 7.11 Å². The Hall–Kier alpha value is -3.29. The molecule has 8 nitrogen and oxygen atoms in total. The number of nitrogens with one attached hydrogen (secondary N) is 1. The van der Waals surface area contributed by atoms with E-state index in [9.17, 15) is 0 Å².